The van der Waals surface area contributed by atoms with Crippen molar-refractivity contribution in [3.63, 3.8) is 0 Å². The summed E-state index contributed by atoms with van der Waals surface area (Å²) in [7, 11) is 0. The Balaban J connectivity index is 2.56. The van der Waals surface area contributed by atoms with Crippen LogP contribution in [0.2, 0.25) is 0 Å². The van der Waals surface area contributed by atoms with Gasteiger partial charge in [0.15, 0.2) is 10.8 Å². The van der Waals surface area contributed by atoms with E-state index in [0.29, 0.717) is 9.88 Å². The van der Waals surface area contributed by atoms with Gasteiger partial charge in [0.1, 0.15) is 5.82 Å². The van der Waals surface area contributed by atoms with Gasteiger partial charge >= 0.3 is 5.69 Å². The number of carbonyl (C=O) groups is 1. The average Bonchev–Trinajstić information content (AvgIpc) is 2.94. The standard InChI is InChI=1S/C12H13N3O3S/c1-3-4-11-13-5-6-14(11)12-9(15(17)18)7-10(19-12)8(2)16/h5-7H,3-4H2,1-2H3. The zero-order valence-electron chi connectivity index (χ0n) is 10.6. The van der Waals surface area contributed by atoms with Gasteiger partial charge in [-0.2, -0.15) is 0 Å². The molecule has 0 bridgehead atoms. The fraction of sp³-hybridized carbons (Fsp3) is 0.333. The molecule has 0 saturated heterocycles. The zero-order chi connectivity index (χ0) is 14.0. The van der Waals surface area contributed by atoms with Crippen LogP contribution < -0.4 is 0 Å². The molecule has 0 aliphatic heterocycles. The van der Waals surface area contributed by atoms with Crippen LogP contribution in [0.1, 0.15) is 35.8 Å². The number of nitro groups is 1. The minimum Gasteiger partial charge on any atom is -0.294 e. The highest BCUT2D eigenvalue weighted by Crippen LogP contribution is 2.33. The summed E-state index contributed by atoms with van der Waals surface area (Å²) < 4.78 is 1.69. The van der Waals surface area contributed by atoms with Crippen molar-refractivity contribution in [2.24, 2.45) is 0 Å². The molecule has 19 heavy (non-hydrogen) atoms. The van der Waals surface area contributed by atoms with Gasteiger partial charge in [0.05, 0.1) is 9.80 Å². The Labute approximate surface area is 113 Å². The molecule has 0 aromatic carbocycles. The van der Waals surface area contributed by atoms with E-state index >= 15 is 0 Å². The van der Waals surface area contributed by atoms with Crippen LogP contribution in [0.15, 0.2) is 18.5 Å². The third-order valence-electron chi connectivity index (χ3n) is 2.65. The fourth-order valence-corrected chi connectivity index (χ4v) is 2.80. The van der Waals surface area contributed by atoms with Gasteiger partial charge in [0, 0.05) is 24.9 Å². The minimum atomic E-state index is -0.464. The molecule has 0 fully saturated rings. The topological polar surface area (TPSA) is 78.0 Å². The molecule has 6 nitrogen and oxygen atoms in total. The molecule has 2 heterocycles. The van der Waals surface area contributed by atoms with Crippen molar-refractivity contribution in [3.05, 3.63) is 39.3 Å². The molecule has 0 saturated carbocycles. The van der Waals surface area contributed by atoms with Crippen LogP contribution in [-0.4, -0.2) is 20.3 Å². The number of ketones is 1. The van der Waals surface area contributed by atoms with Crippen molar-refractivity contribution in [1.29, 1.82) is 0 Å². The van der Waals surface area contributed by atoms with Gasteiger partial charge in [-0.05, 0) is 13.3 Å². The molecular formula is C12H13N3O3S. The number of rotatable bonds is 5. The van der Waals surface area contributed by atoms with E-state index in [9.17, 15) is 14.9 Å². The van der Waals surface area contributed by atoms with Gasteiger partial charge in [-0.25, -0.2) is 4.98 Å². The van der Waals surface area contributed by atoms with E-state index in [1.165, 1.54) is 13.0 Å². The Morgan fingerprint density at radius 3 is 2.89 bits per heavy atom. The Hall–Kier alpha value is -2.02. The van der Waals surface area contributed by atoms with Crippen molar-refractivity contribution in [3.8, 4) is 5.00 Å². The molecule has 2 rings (SSSR count). The lowest BCUT2D eigenvalue weighted by Crippen LogP contribution is -2.00. The van der Waals surface area contributed by atoms with Crippen molar-refractivity contribution in [2.45, 2.75) is 26.7 Å². The number of imidazole rings is 1. The summed E-state index contributed by atoms with van der Waals surface area (Å²) in [6.45, 7) is 3.42. The highest BCUT2D eigenvalue weighted by Gasteiger charge is 2.23. The van der Waals surface area contributed by atoms with Crippen molar-refractivity contribution in [1.82, 2.24) is 9.55 Å². The first-order chi connectivity index (χ1) is 9.04. The fourth-order valence-electron chi connectivity index (χ4n) is 1.78. The second kappa shape index (κ2) is 5.31. The molecule has 0 spiro atoms. The second-order valence-corrected chi connectivity index (χ2v) is 5.11. The van der Waals surface area contributed by atoms with Crippen LogP contribution in [0.5, 0.6) is 0 Å². The van der Waals surface area contributed by atoms with Crippen LogP contribution >= 0.6 is 11.3 Å². The maximum atomic E-state index is 11.4. The monoisotopic (exact) mass is 279 g/mol. The molecule has 0 amide bonds. The first-order valence-corrected chi connectivity index (χ1v) is 6.68. The van der Waals surface area contributed by atoms with Gasteiger partial charge in [0.25, 0.3) is 0 Å². The summed E-state index contributed by atoms with van der Waals surface area (Å²) in [6, 6.07) is 1.33. The molecule has 0 radical (unpaired) electrons. The van der Waals surface area contributed by atoms with E-state index in [1.807, 2.05) is 6.92 Å². The van der Waals surface area contributed by atoms with E-state index in [1.54, 1.807) is 17.0 Å². The van der Waals surface area contributed by atoms with Crippen LogP contribution in [0.4, 0.5) is 5.69 Å². The molecule has 0 aliphatic carbocycles. The SMILES string of the molecule is CCCc1nccn1-c1sc(C(C)=O)cc1[N+](=O)[O-]. The molecule has 2 aromatic heterocycles. The Morgan fingerprint density at radius 2 is 2.32 bits per heavy atom. The predicted octanol–water partition coefficient (Wildman–Crippen LogP) is 3.00. The van der Waals surface area contributed by atoms with E-state index in [0.717, 1.165) is 30.0 Å². The average molecular weight is 279 g/mol. The normalized spacial score (nSPS) is 10.6. The van der Waals surface area contributed by atoms with Crippen molar-refractivity contribution >= 4 is 22.8 Å². The molecule has 2 aromatic rings. The highest BCUT2D eigenvalue weighted by atomic mass is 32.1. The van der Waals surface area contributed by atoms with Crippen molar-refractivity contribution in [2.75, 3.05) is 0 Å². The minimum absolute atomic E-state index is 0.0504. The first-order valence-electron chi connectivity index (χ1n) is 5.86. The van der Waals surface area contributed by atoms with E-state index in [2.05, 4.69) is 4.98 Å². The second-order valence-electron chi connectivity index (χ2n) is 4.08. The first kappa shape index (κ1) is 13.4. The zero-order valence-corrected chi connectivity index (χ0v) is 11.4. The number of Topliss-reactive ketones (excluding diaryl/α,β-unsaturated/α-hetero) is 1. The Kier molecular flexibility index (Phi) is 3.75. The summed E-state index contributed by atoms with van der Waals surface area (Å²) in [4.78, 5) is 26.6. The van der Waals surface area contributed by atoms with Crippen LogP contribution in [0, 0.1) is 10.1 Å². The lowest BCUT2D eigenvalue weighted by Gasteiger charge is -2.03. The molecule has 0 N–H and O–H groups in total. The lowest BCUT2D eigenvalue weighted by atomic mass is 10.3. The van der Waals surface area contributed by atoms with Gasteiger partial charge in [-0.3, -0.25) is 19.5 Å². The number of aromatic nitrogens is 2. The summed E-state index contributed by atoms with van der Waals surface area (Å²) in [5.41, 5.74) is -0.0504. The van der Waals surface area contributed by atoms with E-state index < -0.39 is 4.92 Å². The molecule has 0 aliphatic rings. The van der Waals surface area contributed by atoms with E-state index in [4.69, 9.17) is 0 Å². The smallest absolute Gasteiger partial charge is 0.294 e. The third kappa shape index (κ3) is 2.55. The summed E-state index contributed by atoms with van der Waals surface area (Å²) in [6.07, 6.45) is 4.93. The van der Waals surface area contributed by atoms with Crippen LogP contribution in [0.3, 0.4) is 0 Å². The lowest BCUT2D eigenvalue weighted by molar-refractivity contribution is -0.384. The highest BCUT2D eigenvalue weighted by molar-refractivity contribution is 7.17. The maximum absolute atomic E-state index is 11.4. The third-order valence-corrected chi connectivity index (χ3v) is 3.87. The predicted molar refractivity (Wildman–Crippen MR) is 72.1 cm³/mol. The number of aryl methyl sites for hydroxylation is 1. The summed E-state index contributed by atoms with van der Waals surface area (Å²) in [5.74, 6) is 0.596. The molecule has 0 atom stereocenters. The van der Waals surface area contributed by atoms with Crippen LogP contribution in [-0.2, 0) is 6.42 Å². The summed E-state index contributed by atoms with van der Waals surface area (Å²) in [5, 5.41) is 11.5. The number of nitrogens with zero attached hydrogens (tertiary/aromatic N) is 3. The van der Waals surface area contributed by atoms with Crippen molar-refractivity contribution < 1.29 is 9.72 Å². The summed E-state index contributed by atoms with van der Waals surface area (Å²) >= 11 is 1.13. The molecular weight excluding hydrogens is 266 g/mol. The number of thiophene rings is 1. The maximum Gasteiger partial charge on any atom is 0.305 e. The van der Waals surface area contributed by atoms with E-state index in [-0.39, 0.29) is 11.5 Å². The quantitative estimate of drug-likeness (QED) is 0.479. The molecule has 0 unspecified atom stereocenters. The number of carbonyl (C=O) groups excluding carboxylic acids is 1. The number of hydrogen-bond acceptors (Lipinski definition) is 5. The molecule has 7 heteroatoms. The van der Waals surface area contributed by atoms with Gasteiger partial charge in [-0.1, -0.05) is 6.92 Å². The van der Waals surface area contributed by atoms with Gasteiger partial charge in [0.2, 0.25) is 0 Å². The Bertz CT molecular complexity index is 630. The van der Waals surface area contributed by atoms with Gasteiger partial charge in [-0.15, -0.1) is 11.3 Å². The Morgan fingerprint density at radius 1 is 1.58 bits per heavy atom. The number of hydrogen-bond donors (Lipinski definition) is 0. The largest absolute Gasteiger partial charge is 0.305 e. The van der Waals surface area contributed by atoms with Gasteiger partial charge < -0.3 is 0 Å². The van der Waals surface area contributed by atoms with Crippen LogP contribution in [0.25, 0.3) is 5.00 Å². The molecule has 100 valence electrons.